The first-order valence-electron chi connectivity index (χ1n) is 3.71. The molecule has 0 aliphatic carbocycles. The topological polar surface area (TPSA) is 57.5 Å². The van der Waals surface area contributed by atoms with E-state index in [1.807, 2.05) is 6.26 Å². The molecular weight excluding hydrogens is 188 g/mol. The molecule has 0 unspecified atom stereocenters. The van der Waals surface area contributed by atoms with Crippen molar-refractivity contribution in [3.8, 4) is 5.75 Å². The van der Waals surface area contributed by atoms with E-state index in [0.717, 1.165) is 4.90 Å². The smallest absolute Gasteiger partial charge is 0.307 e. The Kier molecular flexibility index (Phi) is 3.19. The normalized spacial score (nSPS) is 9.92. The highest BCUT2D eigenvalue weighted by Gasteiger charge is 2.06. The number of carboxylic acid groups (broad SMARTS) is 1. The summed E-state index contributed by atoms with van der Waals surface area (Å²) in [5, 5.41) is 17.9. The van der Waals surface area contributed by atoms with Crippen LogP contribution in [-0.2, 0) is 11.2 Å². The van der Waals surface area contributed by atoms with Crippen LogP contribution in [0, 0.1) is 0 Å². The molecule has 0 amide bonds. The molecule has 1 aromatic rings. The van der Waals surface area contributed by atoms with E-state index in [1.54, 1.807) is 18.2 Å². The number of aliphatic carboxylic acids is 1. The highest BCUT2D eigenvalue weighted by atomic mass is 32.2. The van der Waals surface area contributed by atoms with Crippen LogP contribution in [0.4, 0.5) is 0 Å². The molecule has 13 heavy (non-hydrogen) atoms. The first kappa shape index (κ1) is 9.92. The lowest BCUT2D eigenvalue weighted by Crippen LogP contribution is -1.99. The number of carbonyl (C=O) groups is 1. The van der Waals surface area contributed by atoms with E-state index < -0.39 is 5.97 Å². The lowest BCUT2D eigenvalue weighted by molar-refractivity contribution is -0.136. The van der Waals surface area contributed by atoms with Gasteiger partial charge in [-0.1, -0.05) is 6.07 Å². The zero-order valence-electron chi connectivity index (χ0n) is 7.15. The van der Waals surface area contributed by atoms with Gasteiger partial charge in [-0.25, -0.2) is 0 Å². The van der Waals surface area contributed by atoms with Crippen LogP contribution in [0.2, 0.25) is 0 Å². The number of rotatable bonds is 3. The third kappa shape index (κ3) is 2.66. The monoisotopic (exact) mass is 198 g/mol. The Hall–Kier alpha value is -1.16. The van der Waals surface area contributed by atoms with Gasteiger partial charge in [-0.3, -0.25) is 4.79 Å². The van der Waals surface area contributed by atoms with Gasteiger partial charge in [0.05, 0.1) is 6.42 Å². The number of phenols is 1. The van der Waals surface area contributed by atoms with Crippen LogP contribution in [-0.4, -0.2) is 22.4 Å². The van der Waals surface area contributed by atoms with Crippen LogP contribution in [0.15, 0.2) is 23.1 Å². The van der Waals surface area contributed by atoms with E-state index in [2.05, 4.69) is 0 Å². The summed E-state index contributed by atoms with van der Waals surface area (Å²) in [5.41, 5.74) is 0.449. The molecule has 0 saturated heterocycles. The summed E-state index contributed by atoms with van der Waals surface area (Å²) in [6.45, 7) is 0. The highest BCUT2D eigenvalue weighted by Crippen LogP contribution is 2.24. The van der Waals surface area contributed by atoms with Crippen LogP contribution in [0.1, 0.15) is 5.56 Å². The molecular formula is C9H10O3S. The predicted molar refractivity (Wildman–Crippen MR) is 51.2 cm³/mol. The third-order valence-corrected chi connectivity index (χ3v) is 2.36. The van der Waals surface area contributed by atoms with E-state index in [9.17, 15) is 9.90 Å². The van der Waals surface area contributed by atoms with Crippen LogP contribution >= 0.6 is 11.8 Å². The molecule has 0 aliphatic rings. The number of thioether (sulfide) groups is 1. The van der Waals surface area contributed by atoms with E-state index in [-0.39, 0.29) is 12.2 Å². The molecule has 1 rings (SSSR count). The van der Waals surface area contributed by atoms with Gasteiger partial charge in [0.1, 0.15) is 5.75 Å². The number of hydrogen-bond acceptors (Lipinski definition) is 3. The first-order chi connectivity index (χ1) is 6.13. The average molecular weight is 198 g/mol. The van der Waals surface area contributed by atoms with Crippen molar-refractivity contribution in [1.82, 2.24) is 0 Å². The summed E-state index contributed by atoms with van der Waals surface area (Å²) < 4.78 is 0. The van der Waals surface area contributed by atoms with Gasteiger partial charge in [-0.15, -0.1) is 11.8 Å². The zero-order chi connectivity index (χ0) is 9.84. The van der Waals surface area contributed by atoms with E-state index in [4.69, 9.17) is 5.11 Å². The van der Waals surface area contributed by atoms with E-state index in [1.165, 1.54) is 11.8 Å². The minimum atomic E-state index is -0.938. The maximum atomic E-state index is 10.4. The van der Waals surface area contributed by atoms with Crippen LogP contribution in [0.5, 0.6) is 5.75 Å². The lowest BCUT2D eigenvalue weighted by Gasteiger charge is -2.02. The van der Waals surface area contributed by atoms with Gasteiger partial charge >= 0.3 is 5.97 Å². The SMILES string of the molecule is CSc1ccc(CC(=O)O)c(O)c1. The number of carboxylic acids is 1. The number of phenolic OH excluding ortho intramolecular Hbond substituents is 1. The second kappa shape index (κ2) is 4.18. The molecule has 0 saturated carbocycles. The molecule has 0 radical (unpaired) electrons. The van der Waals surface area contributed by atoms with Crippen molar-refractivity contribution in [3.05, 3.63) is 23.8 Å². The summed E-state index contributed by atoms with van der Waals surface area (Å²) in [6.07, 6.45) is 1.76. The van der Waals surface area contributed by atoms with Gasteiger partial charge in [0.2, 0.25) is 0 Å². The maximum absolute atomic E-state index is 10.4. The molecule has 0 heterocycles. The number of hydrogen-bond donors (Lipinski definition) is 2. The molecule has 0 atom stereocenters. The quantitative estimate of drug-likeness (QED) is 0.726. The summed E-state index contributed by atoms with van der Waals surface area (Å²) in [5.74, 6) is -0.888. The average Bonchev–Trinajstić information content (AvgIpc) is 2.08. The van der Waals surface area contributed by atoms with Gasteiger partial charge in [0, 0.05) is 10.5 Å². The molecule has 2 N–H and O–H groups in total. The maximum Gasteiger partial charge on any atom is 0.307 e. The Morgan fingerprint density at radius 2 is 2.23 bits per heavy atom. The minimum Gasteiger partial charge on any atom is -0.508 e. The van der Waals surface area contributed by atoms with Gasteiger partial charge < -0.3 is 10.2 Å². The van der Waals surface area contributed by atoms with E-state index >= 15 is 0 Å². The molecule has 0 aliphatic heterocycles. The van der Waals surface area contributed by atoms with Crippen molar-refractivity contribution in [2.24, 2.45) is 0 Å². The minimum absolute atomic E-state index is 0.0502. The Labute approximate surface area is 80.4 Å². The molecule has 1 aromatic carbocycles. The number of aromatic hydroxyl groups is 1. The molecule has 3 nitrogen and oxygen atoms in total. The Balaban J connectivity index is 2.91. The van der Waals surface area contributed by atoms with Crippen LogP contribution in [0.25, 0.3) is 0 Å². The molecule has 70 valence electrons. The Morgan fingerprint density at radius 3 is 2.69 bits per heavy atom. The fourth-order valence-corrected chi connectivity index (χ4v) is 1.42. The molecule has 4 heteroatoms. The number of benzene rings is 1. The molecule has 0 spiro atoms. The summed E-state index contributed by atoms with van der Waals surface area (Å²) in [4.78, 5) is 11.3. The largest absolute Gasteiger partial charge is 0.508 e. The Morgan fingerprint density at radius 1 is 1.54 bits per heavy atom. The van der Waals surface area contributed by atoms with Crippen molar-refractivity contribution in [2.75, 3.05) is 6.26 Å². The standard InChI is InChI=1S/C9H10O3S/c1-13-7-3-2-6(4-9(11)12)8(10)5-7/h2-3,5,10H,4H2,1H3,(H,11,12). The second-order valence-electron chi connectivity index (χ2n) is 2.57. The lowest BCUT2D eigenvalue weighted by atomic mass is 10.1. The summed E-state index contributed by atoms with van der Waals surface area (Å²) >= 11 is 1.50. The second-order valence-corrected chi connectivity index (χ2v) is 3.44. The van der Waals surface area contributed by atoms with Crippen molar-refractivity contribution < 1.29 is 15.0 Å². The van der Waals surface area contributed by atoms with Gasteiger partial charge in [0.25, 0.3) is 0 Å². The van der Waals surface area contributed by atoms with Gasteiger partial charge in [-0.05, 0) is 18.4 Å². The fraction of sp³-hybridized carbons (Fsp3) is 0.222. The summed E-state index contributed by atoms with van der Waals surface area (Å²) in [6, 6.07) is 5.00. The van der Waals surface area contributed by atoms with Crippen molar-refractivity contribution >= 4 is 17.7 Å². The molecule has 0 bridgehead atoms. The third-order valence-electron chi connectivity index (χ3n) is 1.63. The highest BCUT2D eigenvalue weighted by molar-refractivity contribution is 7.98. The van der Waals surface area contributed by atoms with Crippen LogP contribution in [0.3, 0.4) is 0 Å². The van der Waals surface area contributed by atoms with Crippen molar-refractivity contribution in [1.29, 1.82) is 0 Å². The Bertz CT molecular complexity index is 323. The van der Waals surface area contributed by atoms with Gasteiger partial charge in [-0.2, -0.15) is 0 Å². The predicted octanol–water partition coefficient (Wildman–Crippen LogP) is 1.74. The molecule has 0 aromatic heterocycles. The fourth-order valence-electron chi connectivity index (χ4n) is 0.983. The van der Waals surface area contributed by atoms with E-state index in [0.29, 0.717) is 5.56 Å². The first-order valence-corrected chi connectivity index (χ1v) is 4.93. The van der Waals surface area contributed by atoms with Crippen molar-refractivity contribution in [2.45, 2.75) is 11.3 Å². The van der Waals surface area contributed by atoms with Crippen molar-refractivity contribution in [3.63, 3.8) is 0 Å². The van der Waals surface area contributed by atoms with Crippen LogP contribution < -0.4 is 0 Å². The van der Waals surface area contributed by atoms with Gasteiger partial charge in [0.15, 0.2) is 0 Å². The molecule has 0 fully saturated rings. The zero-order valence-corrected chi connectivity index (χ0v) is 7.97. The summed E-state index contributed by atoms with van der Waals surface area (Å²) in [7, 11) is 0.